The van der Waals surface area contributed by atoms with E-state index in [1.165, 1.54) is 45.2 Å². The minimum absolute atomic E-state index is 0.672. The molecule has 2 atom stereocenters. The van der Waals surface area contributed by atoms with E-state index in [1.807, 2.05) is 0 Å². The van der Waals surface area contributed by atoms with E-state index >= 15 is 0 Å². The van der Waals surface area contributed by atoms with Crippen molar-refractivity contribution in [3.63, 3.8) is 0 Å². The molecule has 1 fully saturated rings. The normalized spacial score (nSPS) is 26.2. The van der Waals surface area contributed by atoms with Crippen LogP contribution in [0.4, 0.5) is 0 Å². The predicted octanol–water partition coefficient (Wildman–Crippen LogP) is 2.64. The van der Waals surface area contributed by atoms with E-state index in [0.29, 0.717) is 6.04 Å². The molecule has 1 rings (SSSR count). The first-order valence-electron chi connectivity index (χ1n) is 6.71. The van der Waals surface area contributed by atoms with E-state index in [2.05, 4.69) is 31.0 Å². The van der Waals surface area contributed by atoms with Crippen molar-refractivity contribution in [1.29, 1.82) is 0 Å². The van der Waals surface area contributed by atoms with Crippen LogP contribution in [-0.4, -0.2) is 36.6 Å². The van der Waals surface area contributed by atoms with Gasteiger partial charge in [-0.1, -0.05) is 19.8 Å². The summed E-state index contributed by atoms with van der Waals surface area (Å²) in [6.45, 7) is 10.6. The van der Waals surface area contributed by atoms with Gasteiger partial charge in [0.25, 0.3) is 0 Å². The molecule has 0 bridgehead atoms. The standard InChI is InChI=1S/C13H28N2/c1-4-14-12(2)9-11-15-10-7-5-6-8-13(15)3/h12-14H,4-11H2,1-3H3. The van der Waals surface area contributed by atoms with E-state index in [4.69, 9.17) is 0 Å². The van der Waals surface area contributed by atoms with Crippen LogP contribution >= 0.6 is 0 Å². The molecule has 1 aliphatic heterocycles. The van der Waals surface area contributed by atoms with Crippen LogP contribution in [0.3, 0.4) is 0 Å². The van der Waals surface area contributed by atoms with Crippen LogP contribution in [0.15, 0.2) is 0 Å². The fourth-order valence-corrected chi connectivity index (χ4v) is 2.48. The first kappa shape index (κ1) is 13.0. The van der Waals surface area contributed by atoms with Crippen molar-refractivity contribution in [1.82, 2.24) is 10.2 Å². The zero-order valence-corrected chi connectivity index (χ0v) is 10.8. The topological polar surface area (TPSA) is 15.3 Å². The molecular formula is C13H28N2. The molecule has 0 amide bonds. The number of nitrogens with one attached hydrogen (secondary N) is 1. The van der Waals surface area contributed by atoms with Gasteiger partial charge in [-0.15, -0.1) is 0 Å². The van der Waals surface area contributed by atoms with Gasteiger partial charge in [-0.3, -0.25) is 0 Å². The lowest BCUT2D eigenvalue weighted by Crippen LogP contribution is -2.37. The summed E-state index contributed by atoms with van der Waals surface area (Å²) >= 11 is 0. The lowest BCUT2D eigenvalue weighted by atomic mass is 10.1. The number of hydrogen-bond acceptors (Lipinski definition) is 2. The first-order valence-corrected chi connectivity index (χ1v) is 6.71. The van der Waals surface area contributed by atoms with Gasteiger partial charge < -0.3 is 10.2 Å². The molecule has 2 heteroatoms. The molecule has 0 saturated carbocycles. The summed E-state index contributed by atoms with van der Waals surface area (Å²) in [7, 11) is 0. The average Bonchev–Trinajstić information content (AvgIpc) is 2.41. The maximum Gasteiger partial charge on any atom is 0.00669 e. The molecule has 0 aromatic heterocycles. The molecule has 0 aromatic rings. The van der Waals surface area contributed by atoms with Crippen LogP contribution in [0.25, 0.3) is 0 Å². The van der Waals surface area contributed by atoms with Gasteiger partial charge in [-0.05, 0) is 52.7 Å². The van der Waals surface area contributed by atoms with Crippen molar-refractivity contribution in [3.05, 3.63) is 0 Å². The maximum absolute atomic E-state index is 3.49. The zero-order valence-electron chi connectivity index (χ0n) is 10.8. The Bertz CT molecular complexity index is 159. The summed E-state index contributed by atoms with van der Waals surface area (Å²) in [6, 6.07) is 1.48. The van der Waals surface area contributed by atoms with Crippen LogP contribution in [0.2, 0.25) is 0 Å². The molecule has 1 N–H and O–H groups in total. The van der Waals surface area contributed by atoms with Gasteiger partial charge in [-0.25, -0.2) is 0 Å². The molecule has 0 spiro atoms. The SMILES string of the molecule is CCNC(C)CCN1CCCCCC1C. The van der Waals surface area contributed by atoms with Gasteiger partial charge >= 0.3 is 0 Å². The van der Waals surface area contributed by atoms with Crippen molar-refractivity contribution in [3.8, 4) is 0 Å². The van der Waals surface area contributed by atoms with Crippen molar-refractivity contribution in [2.24, 2.45) is 0 Å². The molecule has 0 radical (unpaired) electrons. The van der Waals surface area contributed by atoms with Crippen LogP contribution in [-0.2, 0) is 0 Å². The highest BCUT2D eigenvalue weighted by Gasteiger charge is 2.16. The Morgan fingerprint density at radius 3 is 2.87 bits per heavy atom. The van der Waals surface area contributed by atoms with E-state index < -0.39 is 0 Å². The Hall–Kier alpha value is -0.0800. The predicted molar refractivity (Wildman–Crippen MR) is 67.3 cm³/mol. The van der Waals surface area contributed by atoms with Crippen LogP contribution in [0.5, 0.6) is 0 Å². The minimum atomic E-state index is 0.672. The molecule has 90 valence electrons. The van der Waals surface area contributed by atoms with Crippen molar-refractivity contribution in [2.45, 2.75) is 65.0 Å². The fraction of sp³-hybridized carbons (Fsp3) is 1.00. The van der Waals surface area contributed by atoms with E-state index in [-0.39, 0.29) is 0 Å². The Morgan fingerprint density at radius 2 is 2.13 bits per heavy atom. The molecule has 2 unspecified atom stereocenters. The highest BCUT2D eigenvalue weighted by molar-refractivity contribution is 4.73. The second-order valence-corrected chi connectivity index (χ2v) is 4.98. The lowest BCUT2D eigenvalue weighted by molar-refractivity contribution is 0.204. The van der Waals surface area contributed by atoms with Gasteiger partial charge in [0.1, 0.15) is 0 Å². The first-order chi connectivity index (χ1) is 7.24. The molecule has 0 aliphatic carbocycles. The summed E-state index contributed by atoms with van der Waals surface area (Å²) in [5.74, 6) is 0. The van der Waals surface area contributed by atoms with Crippen LogP contribution < -0.4 is 5.32 Å². The monoisotopic (exact) mass is 212 g/mol. The Balaban J connectivity index is 2.22. The number of likely N-dealkylation sites (tertiary alicyclic amines) is 1. The van der Waals surface area contributed by atoms with Gasteiger partial charge in [0.05, 0.1) is 0 Å². The number of hydrogen-bond donors (Lipinski definition) is 1. The molecule has 1 saturated heterocycles. The van der Waals surface area contributed by atoms with Crippen molar-refractivity contribution >= 4 is 0 Å². The molecule has 15 heavy (non-hydrogen) atoms. The van der Waals surface area contributed by atoms with Gasteiger partial charge in [0.2, 0.25) is 0 Å². The number of nitrogens with zero attached hydrogens (tertiary/aromatic N) is 1. The summed E-state index contributed by atoms with van der Waals surface area (Å²) in [5.41, 5.74) is 0. The Labute approximate surface area is 95.4 Å². The number of rotatable bonds is 5. The summed E-state index contributed by atoms with van der Waals surface area (Å²) in [6.07, 6.45) is 6.96. The van der Waals surface area contributed by atoms with Crippen LogP contribution in [0.1, 0.15) is 52.9 Å². The quantitative estimate of drug-likeness (QED) is 0.753. The summed E-state index contributed by atoms with van der Waals surface area (Å²) in [4.78, 5) is 2.68. The third-order valence-corrected chi connectivity index (χ3v) is 3.59. The van der Waals surface area contributed by atoms with Gasteiger partial charge in [0, 0.05) is 12.1 Å². The third kappa shape index (κ3) is 4.98. The fourth-order valence-electron chi connectivity index (χ4n) is 2.48. The lowest BCUT2D eigenvalue weighted by Gasteiger charge is -2.28. The minimum Gasteiger partial charge on any atom is -0.314 e. The van der Waals surface area contributed by atoms with Gasteiger partial charge in [0.15, 0.2) is 0 Å². The highest BCUT2D eigenvalue weighted by atomic mass is 15.1. The summed E-state index contributed by atoms with van der Waals surface area (Å²) < 4.78 is 0. The van der Waals surface area contributed by atoms with E-state index in [1.54, 1.807) is 0 Å². The van der Waals surface area contributed by atoms with Gasteiger partial charge in [-0.2, -0.15) is 0 Å². The highest BCUT2D eigenvalue weighted by Crippen LogP contribution is 2.16. The molecule has 1 heterocycles. The van der Waals surface area contributed by atoms with Crippen molar-refractivity contribution < 1.29 is 0 Å². The Kier molecular flexibility index (Phi) is 6.26. The van der Waals surface area contributed by atoms with Crippen LogP contribution in [0, 0.1) is 0 Å². The molecular weight excluding hydrogens is 184 g/mol. The molecule has 0 aromatic carbocycles. The second kappa shape index (κ2) is 7.24. The zero-order chi connectivity index (χ0) is 11.1. The largest absolute Gasteiger partial charge is 0.314 e. The molecule has 2 nitrogen and oxygen atoms in total. The smallest absolute Gasteiger partial charge is 0.00669 e. The maximum atomic E-state index is 3.49. The third-order valence-electron chi connectivity index (χ3n) is 3.59. The van der Waals surface area contributed by atoms with E-state index in [0.717, 1.165) is 12.6 Å². The Morgan fingerprint density at radius 1 is 1.33 bits per heavy atom. The molecule has 1 aliphatic rings. The average molecular weight is 212 g/mol. The summed E-state index contributed by atoms with van der Waals surface area (Å²) in [5, 5.41) is 3.49. The van der Waals surface area contributed by atoms with E-state index in [9.17, 15) is 0 Å². The second-order valence-electron chi connectivity index (χ2n) is 4.98. The van der Waals surface area contributed by atoms with Crippen molar-refractivity contribution in [2.75, 3.05) is 19.6 Å².